The molecular weight excluding hydrogens is 395 g/mol. The Labute approximate surface area is 176 Å². The zero-order valence-corrected chi connectivity index (χ0v) is 17.9. The van der Waals surface area contributed by atoms with Crippen molar-refractivity contribution in [1.29, 1.82) is 0 Å². The van der Waals surface area contributed by atoms with Gasteiger partial charge in [-0.05, 0) is 43.5 Å². The summed E-state index contributed by atoms with van der Waals surface area (Å²) in [5, 5.41) is 3.92. The van der Waals surface area contributed by atoms with Crippen LogP contribution in [0.4, 0.5) is 0 Å². The zero-order valence-electron chi connectivity index (χ0n) is 16.4. The van der Waals surface area contributed by atoms with Crippen molar-refractivity contribution in [3.8, 4) is 0 Å². The number of hydrogen-bond acceptors (Lipinski definition) is 2. The highest BCUT2D eigenvalue weighted by Crippen LogP contribution is 2.24. The molecular formula is C22H26Cl2N2O2. The van der Waals surface area contributed by atoms with E-state index in [1.54, 1.807) is 23.1 Å². The van der Waals surface area contributed by atoms with Gasteiger partial charge >= 0.3 is 0 Å². The summed E-state index contributed by atoms with van der Waals surface area (Å²) in [6.45, 7) is 5.94. The number of carbonyl (C=O) groups excluding carboxylic acids is 2. The van der Waals surface area contributed by atoms with Gasteiger partial charge in [0.1, 0.15) is 6.04 Å². The van der Waals surface area contributed by atoms with Crippen LogP contribution in [0.5, 0.6) is 0 Å². The number of benzene rings is 2. The smallest absolute Gasteiger partial charge is 0.243 e. The maximum absolute atomic E-state index is 13.2. The standard InChI is InChI=1S/C22H26Cl2N2O2/c1-4-20(22(28)25-15(2)3)26(14-17-10-11-18(23)13-19(17)24)21(27)12-16-8-6-5-7-9-16/h5-11,13,15,20H,4,12,14H2,1-3H3,(H,25,28)/t20-/m1/s1. The number of nitrogens with zero attached hydrogens (tertiary/aromatic N) is 1. The van der Waals surface area contributed by atoms with Gasteiger partial charge in [0.2, 0.25) is 11.8 Å². The Morgan fingerprint density at radius 2 is 1.75 bits per heavy atom. The van der Waals surface area contributed by atoms with Crippen molar-refractivity contribution in [2.75, 3.05) is 0 Å². The second-order valence-corrected chi connectivity index (χ2v) is 7.85. The summed E-state index contributed by atoms with van der Waals surface area (Å²) in [4.78, 5) is 27.5. The number of hydrogen-bond donors (Lipinski definition) is 1. The third-order valence-electron chi connectivity index (χ3n) is 4.37. The molecule has 28 heavy (non-hydrogen) atoms. The van der Waals surface area contributed by atoms with E-state index < -0.39 is 6.04 Å². The molecule has 2 amide bonds. The van der Waals surface area contributed by atoms with E-state index in [1.165, 1.54) is 0 Å². The molecule has 0 spiro atoms. The molecule has 0 bridgehead atoms. The summed E-state index contributed by atoms with van der Waals surface area (Å²) >= 11 is 12.3. The molecule has 0 fully saturated rings. The molecule has 0 saturated carbocycles. The molecule has 4 nitrogen and oxygen atoms in total. The Morgan fingerprint density at radius 1 is 1.07 bits per heavy atom. The molecule has 2 aromatic rings. The molecule has 0 aliphatic rings. The van der Waals surface area contributed by atoms with Crippen LogP contribution in [0.1, 0.15) is 38.3 Å². The normalized spacial score (nSPS) is 11.9. The number of carbonyl (C=O) groups is 2. The lowest BCUT2D eigenvalue weighted by atomic mass is 10.1. The Morgan fingerprint density at radius 3 is 2.32 bits per heavy atom. The first kappa shape index (κ1) is 22.3. The molecule has 0 heterocycles. The van der Waals surface area contributed by atoms with E-state index in [1.807, 2.05) is 51.1 Å². The van der Waals surface area contributed by atoms with Gasteiger partial charge in [-0.1, -0.05) is 66.5 Å². The van der Waals surface area contributed by atoms with E-state index in [4.69, 9.17) is 23.2 Å². The third kappa shape index (κ3) is 6.25. The average molecular weight is 421 g/mol. The SMILES string of the molecule is CC[C@H](C(=O)NC(C)C)N(Cc1ccc(Cl)cc1Cl)C(=O)Cc1ccccc1. The predicted molar refractivity (Wildman–Crippen MR) is 115 cm³/mol. The van der Waals surface area contributed by atoms with Crippen LogP contribution < -0.4 is 5.32 Å². The summed E-state index contributed by atoms with van der Waals surface area (Å²) in [5.74, 6) is -0.285. The summed E-state index contributed by atoms with van der Waals surface area (Å²) in [5.41, 5.74) is 1.65. The van der Waals surface area contributed by atoms with Crippen molar-refractivity contribution in [1.82, 2.24) is 10.2 Å². The van der Waals surface area contributed by atoms with Gasteiger partial charge < -0.3 is 10.2 Å². The van der Waals surface area contributed by atoms with Gasteiger partial charge in [0.25, 0.3) is 0 Å². The lowest BCUT2D eigenvalue weighted by molar-refractivity contribution is -0.141. The van der Waals surface area contributed by atoms with Gasteiger partial charge in [0, 0.05) is 22.6 Å². The maximum atomic E-state index is 13.2. The second-order valence-electron chi connectivity index (χ2n) is 7.01. The fourth-order valence-electron chi connectivity index (χ4n) is 3.01. The van der Waals surface area contributed by atoms with E-state index in [-0.39, 0.29) is 30.8 Å². The molecule has 150 valence electrons. The van der Waals surface area contributed by atoms with E-state index in [9.17, 15) is 9.59 Å². The van der Waals surface area contributed by atoms with E-state index in [0.717, 1.165) is 11.1 Å². The van der Waals surface area contributed by atoms with Crippen LogP contribution in [-0.4, -0.2) is 28.8 Å². The summed E-state index contributed by atoms with van der Waals surface area (Å²) in [6, 6.07) is 14.1. The quantitative estimate of drug-likeness (QED) is 0.661. The zero-order chi connectivity index (χ0) is 20.7. The van der Waals surface area contributed by atoms with Gasteiger partial charge in [-0.2, -0.15) is 0 Å². The van der Waals surface area contributed by atoms with Gasteiger partial charge in [-0.15, -0.1) is 0 Å². The molecule has 2 aromatic carbocycles. The first-order valence-electron chi connectivity index (χ1n) is 9.39. The van der Waals surface area contributed by atoms with Crippen molar-refractivity contribution >= 4 is 35.0 Å². The molecule has 1 N–H and O–H groups in total. The van der Waals surface area contributed by atoms with Crippen molar-refractivity contribution in [3.05, 3.63) is 69.7 Å². The Bertz CT molecular complexity index is 809. The van der Waals surface area contributed by atoms with Crippen molar-refractivity contribution < 1.29 is 9.59 Å². The minimum Gasteiger partial charge on any atom is -0.352 e. The molecule has 2 rings (SSSR count). The van der Waals surface area contributed by atoms with Crippen LogP contribution in [0.15, 0.2) is 48.5 Å². The van der Waals surface area contributed by atoms with Crippen LogP contribution in [0, 0.1) is 0 Å². The largest absolute Gasteiger partial charge is 0.352 e. The second kappa shape index (κ2) is 10.5. The highest BCUT2D eigenvalue weighted by atomic mass is 35.5. The van der Waals surface area contributed by atoms with Gasteiger partial charge in [-0.25, -0.2) is 0 Å². The fourth-order valence-corrected chi connectivity index (χ4v) is 3.47. The number of amides is 2. The van der Waals surface area contributed by atoms with Gasteiger partial charge in [0.05, 0.1) is 6.42 Å². The third-order valence-corrected chi connectivity index (χ3v) is 4.96. The monoisotopic (exact) mass is 420 g/mol. The Hall–Kier alpha value is -2.04. The molecule has 0 saturated heterocycles. The van der Waals surface area contributed by atoms with Crippen LogP contribution in [0.3, 0.4) is 0 Å². The lowest BCUT2D eigenvalue weighted by Gasteiger charge is -2.31. The molecule has 0 aliphatic heterocycles. The molecule has 1 atom stereocenters. The van der Waals surface area contributed by atoms with Crippen LogP contribution >= 0.6 is 23.2 Å². The highest BCUT2D eigenvalue weighted by Gasteiger charge is 2.29. The Kier molecular flexibility index (Phi) is 8.34. The van der Waals surface area contributed by atoms with Crippen LogP contribution in [0.2, 0.25) is 10.0 Å². The first-order valence-corrected chi connectivity index (χ1v) is 10.1. The van der Waals surface area contributed by atoms with Crippen LogP contribution in [0.25, 0.3) is 0 Å². The Balaban J connectivity index is 2.32. The average Bonchev–Trinajstić information content (AvgIpc) is 2.63. The van der Waals surface area contributed by atoms with Gasteiger partial charge in [-0.3, -0.25) is 9.59 Å². The molecule has 0 radical (unpaired) electrons. The topological polar surface area (TPSA) is 49.4 Å². The van der Waals surface area contributed by atoms with Gasteiger partial charge in [0.15, 0.2) is 0 Å². The first-order chi connectivity index (χ1) is 13.3. The lowest BCUT2D eigenvalue weighted by Crippen LogP contribution is -2.50. The molecule has 0 aromatic heterocycles. The minimum atomic E-state index is -0.578. The summed E-state index contributed by atoms with van der Waals surface area (Å²) in [6.07, 6.45) is 0.724. The van der Waals surface area contributed by atoms with E-state index in [2.05, 4.69) is 5.32 Å². The van der Waals surface area contributed by atoms with Crippen LogP contribution in [-0.2, 0) is 22.6 Å². The van der Waals surface area contributed by atoms with Crippen molar-refractivity contribution in [3.63, 3.8) is 0 Å². The predicted octanol–water partition coefficient (Wildman–Crippen LogP) is 4.87. The molecule has 0 unspecified atom stereocenters. The highest BCUT2D eigenvalue weighted by molar-refractivity contribution is 6.35. The number of halogens is 2. The summed E-state index contributed by atoms with van der Waals surface area (Å²) in [7, 11) is 0. The molecule has 6 heteroatoms. The summed E-state index contributed by atoms with van der Waals surface area (Å²) < 4.78 is 0. The van der Waals surface area contributed by atoms with Crippen molar-refractivity contribution in [2.24, 2.45) is 0 Å². The fraction of sp³-hybridized carbons (Fsp3) is 0.364. The maximum Gasteiger partial charge on any atom is 0.243 e. The van der Waals surface area contributed by atoms with Crippen molar-refractivity contribution in [2.45, 2.75) is 52.2 Å². The molecule has 0 aliphatic carbocycles. The number of rotatable bonds is 8. The number of nitrogens with one attached hydrogen (secondary N) is 1. The van der Waals surface area contributed by atoms with E-state index >= 15 is 0 Å². The minimum absolute atomic E-state index is 0.00764. The van der Waals surface area contributed by atoms with E-state index in [0.29, 0.717) is 16.5 Å².